The van der Waals surface area contributed by atoms with Crippen LogP contribution in [0.25, 0.3) is 0 Å². The zero-order valence-corrected chi connectivity index (χ0v) is 11.7. The van der Waals surface area contributed by atoms with E-state index in [9.17, 15) is 4.79 Å². The number of halogens is 2. The molecule has 92 valence electrons. The van der Waals surface area contributed by atoms with Crippen LogP contribution in [0.15, 0.2) is 47.1 Å². The van der Waals surface area contributed by atoms with Gasteiger partial charge in [-0.25, -0.2) is 4.98 Å². The summed E-state index contributed by atoms with van der Waals surface area (Å²) >= 11 is 9.28. The Morgan fingerprint density at radius 2 is 2.17 bits per heavy atom. The molecule has 0 spiro atoms. The number of hydrogen-bond acceptors (Lipinski definition) is 2. The Balaban J connectivity index is 2.03. The molecule has 1 aromatic heterocycles. The molecule has 0 radical (unpaired) electrons. The lowest BCUT2D eigenvalue weighted by molar-refractivity contribution is -0.115. The molecule has 1 N–H and O–H groups in total. The predicted molar refractivity (Wildman–Crippen MR) is 75.7 cm³/mol. The van der Waals surface area contributed by atoms with Crippen molar-refractivity contribution in [1.29, 1.82) is 0 Å². The van der Waals surface area contributed by atoms with Crippen molar-refractivity contribution in [2.75, 3.05) is 5.32 Å². The molecule has 1 amide bonds. The largest absolute Gasteiger partial charge is 0.309 e. The molecule has 0 bridgehead atoms. The Labute approximate surface area is 118 Å². The molecular formula is C13H10BrClN2O. The third-order valence-corrected chi connectivity index (χ3v) is 3.07. The molecule has 0 atom stereocenters. The number of pyridine rings is 1. The fourth-order valence-electron chi connectivity index (χ4n) is 1.49. The average Bonchev–Trinajstić information content (AvgIpc) is 2.32. The number of carbonyl (C=O) groups excluding carboxylic acids is 1. The highest BCUT2D eigenvalue weighted by Gasteiger charge is 2.07. The maximum Gasteiger partial charge on any atom is 0.229 e. The molecule has 0 aliphatic rings. The van der Waals surface area contributed by atoms with Gasteiger partial charge in [-0.3, -0.25) is 4.79 Å². The van der Waals surface area contributed by atoms with Crippen molar-refractivity contribution in [3.05, 3.63) is 57.7 Å². The van der Waals surface area contributed by atoms with E-state index in [1.165, 1.54) is 0 Å². The minimum atomic E-state index is -0.145. The fraction of sp³-hybridized carbons (Fsp3) is 0.0769. The second kappa shape index (κ2) is 5.98. The van der Waals surface area contributed by atoms with Gasteiger partial charge in [0.2, 0.25) is 5.91 Å². The summed E-state index contributed by atoms with van der Waals surface area (Å²) in [5.41, 5.74) is 0.925. The summed E-state index contributed by atoms with van der Waals surface area (Å²) in [5.74, 6) is 0.243. The summed E-state index contributed by atoms with van der Waals surface area (Å²) in [6, 6.07) is 11.0. The number of anilines is 1. The van der Waals surface area contributed by atoms with Gasteiger partial charge in [0, 0.05) is 10.7 Å². The number of benzene rings is 1. The summed E-state index contributed by atoms with van der Waals surface area (Å²) in [4.78, 5) is 15.8. The van der Waals surface area contributed by atoms with Crippen LogP contribution in [0.3, 0.4) is 0 Å². The first-order chi connectivity index (χ1) is 8.65. The van der Waals surface area contributed by atoms with E-state index in [1.54, 1.807) is 18.3 Å². The fourth-order valence-corrected chi connectivity index (χ4v) is 2.10. The van der Waals surface area contributed by atoms with Gasteiger partial charge in [0.25, 0.3) is 0 Å². The van der Waals surface area contributed by atoms with Gasteiger partial charge in [-0.15, -0.1) is 0 Å². The lowest BCUT2D eigenvalue weighted by Gasteiger charge is -2.06. The van der Waals surface area contributed by atoms with Crippen LogP contribution in [-0.4, -0.2) is 10.9 Å². The highest BCUT2D eigenvalue weighted by Crippen LogP contribution is 2.18. The van der Waals surface area contributed by atoms with E-state index in [4.69, 9.17) is 11.6 Å². The summed E-state index contributed by atoms with van der Waals surface area (Å²) in [5, 5.41) is 3.11. The van der Waals surface area contributed by atoms with E-state index in [0.717, 1.165) is 10.0 Å². The molecule has 0 aliphatic carbocycles. The number of amides is 1. The van der Waals surface area contributed by atoms with E-state index in [-0.39, 0.29) is 12.3 Å². The molecule has 0 saturated heterocycles. The topological polar surface area (TPSA) is 42.0 Å². The smallest absolute Gasteiger partial charge is 0.229 e. The molecule has 2 rings (SSSR count). The molecule has 5 heteroatoms. The second-order valence-corrected chi connectivity index (χ2v) is 5.01. The molecule has 1 aromatic carbocycles. The van der Waals surface area contributed by atoms with Crippen molar-refractivity contribution in [2.24, 2.45) is 0 Å². The van der Waals surface area contributed by atoms with Gasteiger partial charge >= 0.3 is 0 Å². The lowest BCUT2D eigenvalue weighted by Crippen LogP contribution is -2.15. The number of nitrogens with zero attached hydrogens (tertiary/aromatic N) is 1. The van der Waals surface area contributed by atoms with Crippen LogP contribution in [0.4, 0.5) is 5.82 Å². The van der Waals surface area contributed by atoms with Gasteiger partial charge in [-0.05, 0) is 29.8 Å². The molecule has 0 saturated carbocycles. The Kier molecular flexibility index (Phi) is 4.33. The molecule has 18 heavy (non-hydrogen) atoms. The lowest BCUT2D eigenvalue weighted by atomic mass is 10.1. The van der Waals surface area contributed by atoms with Crippen molar-refractivity contribution in [1.82, 2.24) is 4.98 Å². The third-order valence-electron chi connectivity index (χ3n) is 2.27. The second-order valence-electron chi connectivity index (χ2n) is 3.69. The Morgan fingerprint density at radius 3 is 2.89 bits per heavy atom. The van der Waals surface area contributed by atoms with E-state index >= 15 is 0 Å². The van der Waals surface area contributed by atoms with E-state index in [2.05, 4.69) is 26.2 Å². The van der Waals surface area contributed by atoms with Crippen LogP contribution in [0.2, 0.25) is 5.02 Å². The Bertz CT molecular complexity index is 574. The average molecular weight is 326 g/mol. The summed E-state index contributed by atoms with van der Waals surface area (Å²) < 4.78 is 0.948. The molecular weight excluding hydrogens is 316 g/mol. The standard InChI is InChI=1S/C13H10BrClN2O/c14-10-4-1-3-9(7-10)8-12(18)17-13-11(15)5-2-6-16-13/h1-7H,8H2,(H,16,17,18). The van der Waals surface area contributed by atoms with Gasteiger partial charge in [0.15, 0.2) is 5.82 Å². The normalized spacial score (nSPS) is 10.1. The minimum absolute atomic E-state index is 0.145. The van der Waals surface area contributed by atoms with Crippen LogP contribution in [0.5, 0.6) is 0 Å². The van der Waals surface area contributed by atoms with E-state index in [0.29, 0.717) is 10.8 Å². The quantitative estimate of drug-likeness (QED) is 0.935. The van der Waals surface area contributed by atoms with Gasteiger partial charge in [-0.1, -0.05) is 39.7 Å². The predicted octanol–water partition coefficient (Wildman–Crippen LogP) is 3.68. The number of aromatic nitrogens is 1. The summed E-state index contributed by atoms with van der Waals surface area (Å²) in [7, 11) is 0. The van der Waals surface area contributed by atoms with Crippen LogP contribution < -0.4 is 5.32 Å². The number of carbonyl (C=O) groups is 1. The highest BCUT2D eigenvalue weighted by atomic mass is 79.9. The van der Waals surface area contributed by atoms with Crippen molar-refractivity contribution in [3.63, 3.8) is 0 Å². The Hall–Kier alpha value is -1.39. The molecule has 2 aromatic rings. The van der Waals surface area contributed by atoms with Crippen molar-refractivity contribution in [3.8, 4) is 0 Å². The van der Waals surface area contributed by atoms with Crippen molar-refractivity contribution < 1.29 is 4.79 Å². The van der Waals surface area contributed by atoms with Crippen molar-refractivity contribution in [2.45, 2.75) is 6.42 Å². The highest BCUT2D eigenvalue weighted by molar-refractivity contribution is 9.10. The first kappa shape index (κ1) is 13.1. The van der Waals surface area contributed by atoms with E-state index < -0.39 is 0 Å². The van der Waals surface area contributed by atoms with Crippen LogP contribution in [-0.2, 0) is 11.2 Å². The van der Waals surface area contributed by atoms with Gasteiger partial charge in [-0.2, -0.15) is 0 Å². The first-order valence-electron chi connectivity index (χ1n) is 5.30. The molecule has 1 heterocycles. The monoisotopic (exact) mass is 324 g/mol. The minimum Gasteiger partial charge on any atom is -0.309 e. The van der Waals surface area contributed by atoms with Crippen LogP contribution >= 0.6 is 27.5 Å². The third kappa shape index (κ3) is 3.55. The Morgan fingerprint density at radius 1 is 1.33 bits per heavy atom. The molecule has 0 fully saturated rings. The summed E-state index contributed by atoms with van der Waals surface area (Å²) in [6.45, 7) is 0. The van der Waals surface area contributed by atoms with Gasteiger partial charge in [0.05, 0.1) is 11.4 Å². The molecule has 3 nitrogen and oxygen atoms in total. The summed E-state index contributed by atoms with van der Waals surface area (Å²) in [6.07, 6.45) is 1.87. The maximum atomic E-state index is 11.8. The molecule has 0 unspecified atom stereocenters. The maximum absolute atomic E-state index is 11.8. The zero-order valence-electron chi connectivity index (χ0n) is 9.36. The zero-order chi connectivity index (χ0) is 13.0. The van der Waals surface area contributed by atoms with Crippen molar-refractivity contribution >= 4 is 39.3 Å². The number of nitrogens with one attached hydrogen (secondary N) is 1. The number of rotatable bonds is 3. The van der Waals surface area contributed by atoms with Gasteiger partial charge < -0.3 is 5.32 Å². The molecule has 0 aliphatic heterocycles. The first-order valence-corrected chi connectivity index (χ1v) is 6.47. The van der Waals surface area contributed by atoms with Crippen LogP contribution in [0.1, 0.15) is 5.56 Å². The number of hydrogen-bond donors (Lipinski definition) is 1. The van der Waals surface area contributed by atoms with Gasteiger partial charge in [0.1, 0.15) is 0 Å². The van der Waals surface area contributed by atoms with E-state index in [1.807, 2.05) is 24.3 Å². The SMILES string of the molecule is O=C(Cc1cccc(Br)c1)Nc1ncccc1Cl. The van der Waals surface area contributed by atoms with Crippen LogP contribution in [0, 0.1) is 0 Å².